The summed E-state index contributed by atoms with van der Waals surface area (Å²) < 4.78 is 34.2. The van der Waals surface area contributed by atoms with E-state index in [9.17, 15) is 8.42 Å². The van der Waals surface area contributed by atoms with E-state index in [4.69, 9.17) is 17.0 Å². The van der Waals surface area contributed by atoms with E-state index in [-0.39, 0.29) is 4.90 Å². The Morgan fingerprint density at radius 3 is 2.13 bits per heavy atom. The molecular weight excluding hydrogens is 430 g/mol. The first kappa shape index (κ1) is 22.6. The maximum atomic E-state index is 13.1. The minimum atomic E-state index is -3.86. The summed E-state index contributed by atoms with van der Waals surface area (Å²) in [7, 11) is -3.86. The van der Waals surface area contributed by atoms with Crippen LogP contribution in [0.5, 0.6) is 5.75 Å². The first-order chi connectivity index (χ1) is 14.8. The third-order valence-corrected chi connectivity index (χ3v) is 6.03. The lowest BCUT2D eigenvalue weighted by atomic mass is 10.2. The lowest BCUT2D eigenvalue weighted by Gasteiger charge is -2.16. The van der Waals surface area contributed by atoms with Crippen molar-refractivity contribution in [3.63, 3.8) is 0 Å². The maximum Gasteiger partial charge on any atom is 0.263 e. The fourth-order valence-electron chi connectivity index (χ4n) is 2.87. The van der Waals surface area contributed by atoms with Crippen LogP contribution in [0.2, 0.25) is 0 Å². The van der Waals surface area contributed by atoms with Gasteiger partial charge in [-0.25, -0.2) is 8.42 Å². The zero-order chi connectivity index (χ0) is 22.4. The van der Waals surface area contributed by atoms with E-state index < -0.39 is 10.0 Å². The number of hydrogen-bond acceptors (Lipinski definition) is 4. The minimum Gasteiger partial charge on any atom is -0.494 e. The molecule has 31 heavy (non-hydrogen) atoms. The largest absolute Gasteiger partial charge is 0.494 e. The second kappa shape index (κ2) is 9.80. The average Bonchev–Trinajstić information content (AvgIpc) is 2.72. The molecule has 0 unspecified atom stereocenters. The summed E-state index contributed by atoms with van der Waals surface area (Å²) in [5.74, 6) is 0.677. The lowest BCUT2D eigenvalue weighted by molar-refractivity contribution is 0.340. The van der Waals surface area contributed by atoms with Gasteiger partial charge in [-0.05, 0) is 87.1 Å². The number of anilines is 3. The molecule has 0 amide bonds. The Hall–Kier alpha value is -3.10. The molecule has 3 rings (SSSR count). The molecule has 0 aliphatic rings. The topological polar surface area (TPSA) is 79.5 Å². The fourth-order valence-corrected chi connectivity index (χ4v) is 4.41. The number of sulfonamides is 1. The van der Waals surface area contributed by atoms with Crippen molar-refractivity contribution in [2.45, 2.75) is 25.7 Å². The van der Waals surface area contributed by atoms with Crippen LogP contribution in [-0.2, 0) is 10.0 Å². The molecule has 0 heterocycles. The van der Waals surface area contributed by atoms with Crippen LogP contribution in [0.4, 0.5) is 17.1 Å². The third kappa shape index (κ3) is 6.19. The third-order valence-electron chi connectivity index (χ3n) is 4.40. The maximum absolute atomic E-state index is 13.1. The van der Waals surface area contributed by atoms with Crippen molar-refractivity contribution in [1.29, 1.82) is 0 Å². The molecule has 162 valence electrons. The van der Waals surface area contributed by atoms with Crippen LogP contribution in [0.3, 0.4) is 0 Å². The van der Waals surface area contributed by atoms with Gasteiger partial charge in [0, 0.05) is 11.4 Å². The van der Waals surface area contributed by atoms with Crippen molar-refractivity contribution >= 4 is 44.4 Å². The highest BCUT2D eigenvalue weighted by atomic mass is 32.2. The Balaban J connectivity index is 1.80. The average molecular weight is 456 g/mol. The molecule has 0 saturated carbocycles. The first-order valence-corrected chi connectivity index (χ1v) is 11.7. The normalized spacial score (nSPS) is 10.9. The monoisotopic (exact) mass is 455 g/mol. The fraction of sp³-hybridized carbons (Fsp3) is 0.174. The van der Waals surface area contributed by atoms with Crippen molar-refractivity contribution in [2.24, 2.45) is 0 Å². The van der Waals surface area contributed by atoms with Crippen molar-refractivity contribution in [2.75, 3.05) is 22.0 Å². The number of hydrogen-bond donors (Lipinski definition) is 3. The van der Waals surface area contributed by atoms with Gasteiger partial charge in [-0.3, -0.25) is 4.72 Å². The van der Waals surface area contributed by atoms with Gasteiger partial charge in [0.25, 0.3) is 10.0 Å². The number of rotatable bonds is 7. The summed E-state index contributed by atoms with van der Waals surface area (Å²) in [5.41, 5.74) is 3.59. The van der Waals surface area contributed by atoms with Crippen molar-refractivity contribution in [3.05, 3.63) is 77.9 Å². The predicted octanol–water partition coefficient (Wildman–Crippen LogP) is 5.31. The van der Waals surface area contributed by atoms with Gasteiger partial charge < -0.3 is 15.4 Å². The Kier molecular flexibility index (Phi) is 7.14. The van der Waals surface area contributed by atoms with Crippen LogP contribution < -0.4 is 20.1 Å². The van der Waals surface area contributed by atoms with Gasteiger partial charge in [0.2, 0.25) is 0 Å². The number of benzene rings is 3. The second-order valence-corrected chi connectivity index (χ2v) is 9.07. The SMILES string of the molecule is CCOc1ccc(NS(=O)(=O)c2cc(C)ccc2NC(=S)Nc2ccc(C)cc2)cc1. The molecule has 0 spiro atoms. The summed E-state index contributed by atoms with van der Waals surface area (Å²) in [4.78, 5) is 0.106. The molecule has 0 aromatic heterocycles. The molecule has 0 fully saturated rings. The number of thiocarbonyl (C=S) groups is 1. The van der Waals surface area contributed by atoms with E-state index in [0.29, 0.717) is 28.8 Å². The standard InChI is InChI=1S/C23H25N3O3S2/c1-4-29-20-12-10-19(11-13-20)26-31(27,28)22-15-17(3)7-14-21(22)25-23(30)24-18-8-5-16(2)6-9-18/h5-15,26H,4H2,1-3H3,(H2,24,25,30). The number of nitrogens with one attached hydrogen (secondary N) is 3. The predicted molar refractivity (Wildman–Crippen MR) is 131 cm³/mol. The molecule has 0 radical (unpaired) electrons. The molecule has 0 bridgehead atoms. The molecule has 3 aromatic carbocycles. The quantitative estimate of drug-likeness (QED) is 0.419. The molecule has 0 atom stereocenters. The van der Waals surface area contributed by atoms with Gasteiger partial charge in [0.05, 0.1) is 12.3 Å². The van der Waals surface area contributed by atoms with Gasteiger partial charge in [-0.2, -0.15) is 0 Å². The molecule has 3 aromatic rings. The smallest absolute Gasteiger partial charge is 0.263 e. The minimum absolute atomic E-state index is 0.106. The zero-order valence-electron chi connectivity index (χ0n) is 17.6. The van der Waals surface area contributed by atoms with Gasteiger partial charge in [0.15, 0.2) is 5.11 Å². The van der Waals surface area contributed by atoms with Crippen LogP contribution >= 0.6 is 12.2 Å². The zero-order valence-corrected chi connectivity index (χ0v) is 19.2. The van der Waals surface area contributed by atoms with E-state index in [2.05, 4.69) is 15.4 Å². The lowest BCUT2D eigenvalue weighted by Crippen LogP contribution is -2.22. The molecule has 0 aliphatic heterocycles. The summed E-state index contributed by atoms with van der Waals surface area (Å²) >= 11 is 5.38. The Morgan fingerprint density at radius 2 is 1.48 bits per heavy atom. The van der Waals surface area contributed by atoms with Crippen molar-refractivity contribution in [3.8, 4) is 5.75 Å². The summed E-state index contributed by atoms with van der Waals surface area (Å²) in [5, 5.41) is 6.37. The van der Waals surface area contributed by atoms with Crippen molar-refractivity contribution in [1.82, 2.24) is 0 Å². The summed E-state index contributed by atoms with van der Waals surface area (Å²) in [6.45, 7) is 6.27. The highest BCUT2D eigenvalue weighted by molar-refractivity contribution is 7.93. The Labute approximate surface area is 188 Å². The van der Waals surface area contributed by atoms with E-state index in [1.807, 2.05) is 51.1 Å². The molecular formula is C23H25N3O3S2. The molecule has 6 nitrogen and oxygen atoms in total. The number of ether oxygens (including phenoxy) is 1. The second-order valence-electron chi connectivity index (χ2n) is 7.01. The number of aryl methyl sites for hydroxylation is 2. The van der Waals surface area contributed by atoms with E-state index in [0.717, 1.165) is 16.8 Å². The van der Waals surface area contributed by atoms with Gasteiger partial charge in [-0.1, -0.05) is 23.8 Å². The summed E-state index contributed by atoms with van der Waals surface area (Å²) in [6, 6.07) is 19.6. The Morgan fingerprint density at radius 1 is 0.871 bits per heavy atom. The molecule has 3 N–H and O–H groups in total. The van der Waals surface area contributed by atoms with Gasteiger partial charge >= 0.3 is 0 Å². The van der Waals surface area contributed by atoms with Gasteiger partial charge in [-0.15, -0.1) is 0 Å². The van der Waals surface area contributed by atoms with E-state index in [1.165, 1.54) is 0 Å². The molecule has 8 heteroatoms. The van der Waals surface area contributed by atoms with Crippen LogP contribution in [-0.4, -0.2) is 20.1 Å². The van der Waals surface area contributed by atoms with Gasteiger partial charge in [0.1, 0.15) is 10.6 Å². The molecule has 0 aliphatic carbocycles. The molecule has 0 saturated heterocycles. The van der Waals surface area contributed by atoms with Crippen LogP contribution in [0.15, 0.2) is 71.6 Å². The van der Waals surface area contributed by atoms with E-state index >= 15 is 0 Å². The highest BCUT2D eigenvalue weighted by Crippen LogP contribution is 2.26. The first-order valence-electron chi connectivity index (χ1n) is 9.78. The summed E-state index contributed by atoms with van der Waals surface area (Å²) in [6.07, 6.45) is 0. The van der Waals surface area contributed by atoms with Crippen LogP contribution in [0, 0.1) is 13.8 Å². The van der Waals surface area contributed by atoms with Crippen molar-refractivity contribution < 1.29 is 13.2 Å². The van der Waals surface area contributed by atoms with Crippen LogP contribution in [0.25, 0.3) is 0 Å². The van der Waals surface area contributed by atoms with E-state index in [1.54, 1.807) is 36.4 Å². The highest BCUT2D eigenvalue weighted by Gasteiger charge is 2.20. The Bertz CT molecular complexity index is 1160. The van der Waals surface area contributed by atoms with Crippen LogP contribution in [0.1, 0.15) is 18.1 Å².